The Morgan fingerprint density at radius 2 is 2.18 bits per heavy atom. The molecule has 17 heavy (non-hydrogen) atoms. The van der Waals surface area contributed by atoms with Crippen molar-refractivity contribution in [1.29, 1.82) is 0 Å². The summed E-state index contributed by atoms with van der Waals surface area (Å²) in [5, 5.41) is 2.55. The van der Waals surface area contributed by atoms with Gasteiger partial charge in [0.15, 0.2) is 5.82 Å². The van der Waals surface area contributed by atoms with Crippen molar-refractivity contribution in [2.24, 2.45) is 0 Å². The Bertz CT molecular complexity index is 548. The van der Waals surface area contributed by atoms with Crippen LogP contribution in [0.25, 0.3) is 0 Å². The molecule has 6 heteroatoms. The van der Waals surface area contributed by atoms with Crippen molar-refractivity contribution < 1.29 is 9.18 Å². The summed E-state index contributed by atoms with van der Waals surface area (Å²) in [5.74, 6) is -0.445. The number of rotatable bonds is 2. The lowest BCUT2D eigenvalue weighted by Crippen LogP contribution is -2.13. The Morgan fingerprint density at radius 3 is 2.82 bits per heavy atom. The van der Waals surface area contributed by atoms with Crippen LogP contribution in [-0.4, -0.2) is 15.9 Å². The molecule has 0 aliphatic carbocycles. The van der Waals surface area contributed by atoms with E-state index in [2.05, 4.69) is 31.2 Å². The second-order valence-corrected chi connectivity index (χ2v) is 4.02. The molecule has 0 unspecified atom stereocenters. The number of amides is 1. The number of aromatic nitrogens is 2. The monoisotopic (exact) mass is 295 g/mol. The van der Waals surface area contributed by atoms with E-state index in [1.54, 1.807) is 0 Å². The zero-order valence-corrected chi connectivity index (χ0v) is 10.1. The number of carbonyl (C=O) groups is 1. The molecule has 0 aliphatic rings. The van der Waals surface area contributed by atoms with E-state index in [-0.39, 0.29) is 5.91 Å². The van der Waals surface area contributed by atoms with Gasteiger partial charge in [-0.1, -0.05) is 0 Å². The summed E-state index contributed by atoms with van der Waals surface area (Å²) in [6.07, 6.45) is 4.40. The van der Waals surface area contributed by atoms with Crippen LogP contribution in [0.1, 0.15) is 10.4 Å². The summed E-state index contributed by atoms with van der Waals surface area (Å²) in [7, 11) is 0. The highest BCUT2D eigenvalue weighted by atomic mass is 79.9. The molecule has 1 heterocycles. The molecule has 0 radical (unpaired) electrons. The first-order valence-corrected chi connectivity index (χ1v) is 5.48. The van der Waals surface area contributed by atoms with E-state index in [4.69, 9.17) is 0 Å². The number of hydrogen-bond acceptors (Lipinski definition) is 3. The van der Waals surface area contributed by atoms with Crippen molar-refractivity contribution in [3.63, 3.8) is 0 Å². The van der Waals surface area contributed by atoms with E-state index < -0.39 is 5.82 Å². The molecule has 0 bridgehead atoms. The number of halogens is 2. The van der Waals surface area contributed by atoms with Crippen LogP contribution in [-0.2, 0) is 0 Å². The summed E-state index contributed by atoms with van der Waals surface area (Å²) >= 11 is 3.12. The standard InChI is InChI=1S/C11H7BrFN3O/c12-9-5-7(13)1-2-8(9)11(17)16-10-6-14-3-4-15-10/h1-6H,(H,15,16,17). The average molecular weight is 296 g/mol. The number of nitrogens with one attached hydrogen (secondary N) is 1. The van der Waals surface area contributed by atoms with Crippen molar-refractivity contribution in [1.82, 2.24) is 9.97 Å². The molecule has 0 aliphatic heterocycles. The Kier molecular flexibility index (Phi) is 3.43. The SMILES string of the molecule is O=C(Nc1cnccn1)c1ccc(F)cc1Br. The fourth-order valence-electron chi connectivity index (χ4n) is 1.22. The van der Waals surface area contributed by atoms with Crippen LogP contribution >= 0.6 is 15.9 Å². The Labute approximate surface area is 105 Å². The molecule has 1 N–H and O–H groups in total. The van der Waals surface area contributed by atoms with E-state index in [0.717, 1.165) is 0 Å². The van der Waals surface area contributed by atoms with Gasteiger partial charge >= 0.3 is 0 Å². The van der Waals surface area contributed by atoms with Gasteiger partial charge in [0.2, 0.25) is 0 Å². The second kappa shape index (κ2) is 5.01. The van der Waals surface area contributed by atoms with Crippen molar-refractivity contribution in [2.45, 2.75) is 0 Å². The van der Waals surface area contributed by atoms with Crippen molar-refractivity contribution in [3.05, 3.63) is 52.6 Å². The van der Waals surface area contributed by atoms with Gasteiger partial charge in [-0.15, -0.1) is 0 Å². The molecule has 86 valence electrons. The van der Waals surface area contributed by atoms with Gasteiger partial charge in [-0.2, -0.15) is 0 Å². The lowest BCUT2D eigenvalue weighted by atomic mass is 10.2. The predicted octanol–water partition coefficient (Wildman–Crippen LogP) is 2.63. The summed E-state index contributed by atoms with van der Waals surface area (Å²) in [6.45, 7) is 0. The molecule has 0 fully saturated rings. The molecule has 0 atom stereocenters. The van der Waals surface area contributed by atoms with E-state index in [9.17, 15) is 9.18 Å². The van der Waals surface area contributed by atoms with Crippen LogP contribution in [0.5, 0.6) is 0 Å². The van der Waals surface area contributed by atoms with E-state index >= 15 is 0 Å². The molecule has 2 aromatic rings. The molecular weight excluding hydrogens is 289 g/mol. The smallest absolute Gasteiger partial charge is 0.258 e. The van der Waals surface area contributed by atoms with Gasteiger partial charge in [0.1, 0.15) is 5.82 Å². The quantitative estimate of drug-likeness (QED) is 0.927. The van der Waals surface area contributed by atoms with E-state index in [1.165, 1.54) is 36.8 Å². The number of hydrogen-bond donors (Lipinski definition) is 1. The van der Waals surface area contributed by atoms with Crippen LogP contribution in [0.3, 0.4) is 0 Å². The van der Waals surface area contributed by atoms with Crippen molar-refractivity contribution in [2.75, 3.05) is 5.32 Å². The molecule has 0 saturated carbocycles. The second-order valence-electron chi connectivity index (χ2n) is 3.17. The van der Waals surface area contributed by atoms with E-state index in [0.29, 0.717) is 15.9 Å². The zero-order chi connectivity index (χ0) is 12.3. The highest BCUT2D eigenvalue weighted by Crippen LogP contribution is 2.18. The lowest BCUT2D eigenvalue weighted by Gasteiger charge is -2.05. The first kappa shape index (κ1) is 11.7. The predicted molar refractivity (Wildman–Crippen MR) is 64.1 cm³/mol. The molecule has 1 aromatic heterocycles. The van der Waals surface area contributed by atoms with Crippen LogP contribution < -0.4 is 5.32 Å². The highest BCUT2D eigenvalue weighted by molar-refractivity contribution is 9.10. The van der Waals surface area contributed by atoms with E-state index in [1.807, 2.05) is 0 Å². The van der Waals surface area contributed by atoms with Crippen molar-refractivity contribution in [3.8, 4) is 0 Å². The molecule has 1 aromatic carbocycles. The highest BCUT2D eigenvalue weighted by Gasteiger charge is 2.11. The Hall–Kier alpha value is -1.82. The normalized spacial score (nSPS) is 10.0. The third kappa shape index (κ3) is 2.85. The van der Waals surface area contributed by atoms with Crippen LogP contribution in [0.2, 0.25) is 0 Å². The van der Waals surface area contributed by atoms with Gasteiger partial charge in [-0.3, -0.25) is 9.78 Å². The summed E-state index contributed by atoms with van der Waals surface area (Å²) in [4.78, 5) is 19.5. The Morgan fingerprint density at radius 1 is 1.35 bits per heavy atom. The largest absolute Gasteiger partial charge is 0.305 e. The van der Waals surface area contributed by atoms with Crippen LogP contribution in [0.15, 0.2) is 41.3 Å². The first-order valence-electron chi connectivity index (χ1n) is 4.69. The number of benzene rings is 1. The minimum absolute atomic E-state index is 0.331. The van der Waals surface area contributed by atoms with Crippen LogP contribution in [0, 0.1) is 5.82 Å². The maximum atomic E-state index is 12.9. The minimum atomic E-state index is -0.409. The third-order valence-electron chi connectivity index (χ3n) is 1.98. The molecule has 2 rings (SSSR count). The summed E-state index contributed by atoms with van der Waals surface area (Å²) < 4.78 is 13.2. The number of anilines is 1. The fraction of sp³-hybridized carbons (Fsp3) is 0. The molecule has 4 nitrogen and oxygen atoms in total. The maximum Gasteiger partial charge on any atom is 0.258 e. The summed E-state index contributed by atoms with van der Waals surface area (Å²) in [5.41, 5.74) is 0.331. The van der Waals surface area contributed by atoms with Gasteiger partial charge in [-0.05, 0) is 34.1 Å². The number of carbonyl (C=O) groups excluding carboxylic acids is 1. The minimum Gasteiger partial charge on any atom is -0.305 e. The van der Waals surface area contributed by atoms with Gasteiger partial charge in [-0.25, -0.2) is 9.37 Å². The molecular formula is C11H7BrFN3O. The zero-order valence-electron chi connectivity index (χ0n) is 8.52. The first-order chi connectivity index (χ1) is 8.16. The summed E-state index contributed by atoms with van der Waals surface area (Å²) in [6, 6.07) is 3.84. The average Bonchev–Trinajstić information content (AvgIpc) is 2.30. The number of nitrogens with zero attached hydrogens (tertiary/aromatic N) is 2. The van der Waals surface area contributed by atoms with Gasteiger partial charge in [0.25, 0.3) is 5.91 Å². The molecule has 0 saturated heterocycles. The van der Waals surface area contributed by atoms with Crippen molar-refractivity contribution >= 4 is 27.7 Å². The van der Waals surface area contributed by atoms with Gasteiger partial charge in [0.05, 0.1) is 11.8 Å². The Balaban J connectivity index is 2.21. The van der Waals surface area contributed by atoms with Gasteiger partial charge < -0.3 is 5.32 Å². The van der Waals surface area contributed by atoms with Crippen LogP contribution in [0.4, 0.5) is 10.2 Å². The fourth-order valence-corrected chi connectivity index (χ4v) is 1.75. The molecule has 1 amide bonds. The maximum absolute atomic E-state index is 12.9. The topological polar surface area (TPSA) is 54.9 Å². The third-order valence-corrected chi connectivity index (χ3v) is 2.64. The lowest BCUT2D eigenvalue weighted by molar-refractivity contribution is 0.102. The van der Waals surface area contributed by atoms with Gasteiger partial charge in [0, 0.05) is 16.9 Å². The molecule has 0 spiro atoms.